The molecule has 1 aromatic carbocycles. The molecule has 36 heavy (non-hydrogen) atoms. The molecule has 1 saturated carbocycles. The first-order valence-corrected chi connectivity index (χ1v) is 12.8. The molecule has 0 bridgehead atoms. The van der Waals surface area contributed by atoms with E-state index in [0.29, 0.717) is 16.4 Å². The Morgan fingerprint density at radius 2 is 1.75 bits per heavy atom. The lowest BCUT2D eigenvalue weighted by molar-refractivity contribution is -0.577. The molecule has 1 aliphatic heterocycles. The average molecular weight is 505 g/mol. The molecule has 2 aromatic heterocycles. The first kappa shape index (κ1) is 24.3. The molecule has 7 nitrogen and oxygen atoms in total. The molecule has 0 unspecified atom stereocenters. The first-order chi connectivity index (χ1) is 17.3. The van der Waals surface area contributed by atoms with Crippen LogP contribution in [0.15, 0.2) is 48.8 Å². The van der Waals surface area contributed by atoms with Crippen molar-refractivity contribution in [2.45, 2.75) is 64.8 Å². The van der Waals surface area contributed by atoms with Crippen LogP contribution in [0.25, 0.3) is 17.0 Å². The van der Waals surface area contributed by atoms with Gasteiger partial charge in [0, 0.05) is 28.3 Å². The molecule has 2 amide bonds. The molecule has 3 aromatic rings. The minimum Gasteiger partial charge on any atom is -0.858 e. The average Bonchev–Trinajstić information content (AvgIpc) is 3.33. The minimum absolute atomic E-state index is 0.134. The highest BCUT2D eigenvalue weighted by molar-refractivity contribution is 6.45. The summed E-state index contributed by atoms with van der Waals surface area (Å²) in [7, 11) is 0. The van der Waals surface area contributed by atoms with Crippen molar-refractivity contribution in [1.29, 1.82) is 0 Å². The van der Waals surface area contributed by atoms with Crippen LogP contribution < -0.4 is 9.67 Å². The lowest BCUT2D eigenvalue weighted by atomic mass is 9.94. The number of imide groups is 1. The molecule has 0 atom stereocenters. The standard InChI is InChI=1S/C28H29ClN4O3/c1-17(2)24-22(27(35)33(30-24)21-13-11-19(29)12-14-21)23-25(31-15-7-8-18(3)16-31)28(36)32(26(23)34)20-9-5-4-6-10-20/h7-8,11-17,20H,4-6,9-10H2,1-3H3. The van der Waals surface area contributed by atoms with Gasteiger partial charge in [-0.3, -0.25) is 14.5 Å². The fraction of sp³-hybridized carbons (Fsp3) is 0.357. The van der Waals surface area contributed by atoms with E-state index in [9.17, 15) is 14.7 Å². The number of aromatic nitrogens is 3. The van der Waals surface area contributed by atoms with E-state index in [-0.39, 0.29) is 34.7 Å². The van der Waals surface area contributed by atoms with Crippen molar-refractivity contribution < 1.29 is 19.3 Å². The summed E-state index contributed by atoms with van der Waals surface area (Å²) < 4.78 is 2.98. The van der Waals surface area contributed by atoms with Crippen molar-refractivity contribution in [3.8, 4) is 11.6 Å². The normalized spacial score (nSPS) is 17.1. The van der Waals surface area contributed by atoms with Crippen LogP contribution in [0.5, 0.6) is 5.88 Å². The maximum atomic E-state index is 14.0. The number of aryl methyl sites for hydroxylation is 1. The zero-order valence-corrected chi connectivity index (χ0v) is 21.5. The summed E-state index contributed by atoms with van der Waals surface area (Å²) >= 11 is 6.05. The molecule has 186 valence electrons. The molecule has 0 N–H and O–H groups in total. The SMILES string of the molecule is Cc1ccc[n+](C2=C(c3c(C(C)C)nn(-c4ccc(Cl)cc4)c3[O-])C(=O)N(C3CCCCC3)C2=O)c1. The Kier molecular flexibility index (Phi) is 6.43. The number of amides is 2. The lowest BCUT2D eigenvalue weighted by Crippen LogP contribution is -2.45. The number of benzene rings is 1. The van der Waals surface area contributed by atoms with Crippen LogP contribution in [0.4, 0.5) is 0 Å². The smallest absolute Gasteiger partial charge is 0.327 e. The van der Waals surface area contributed by atoms with E-state index in [1.54, 1.807) is 35.0 Å². The second-order valence-electron chi connectivity index (χ2n) is 9.89. The molecule has 2 aliphatic rings. The van der Waals surface area contributed by atoms with Crippen molar-refractivity contribution in [3.05, 3.63) is 70.6 Å². The van der Waals surface area contributed by atoms with Gasteiger partial charge in [-0.2, -0.15) is 9.67 Å². The summed E-state index contributed by atoms with van der Waals surface area (Å²) in [4.78, 5) is 29.3. The van der Waals surface area contributed by atoms with Crippen LogP contribution in [-0.2, 0) is 9.59 Å². The Bertz CT molecular complexity index is 1370. The molecule has 1 fully saturated rings. The predicted octanol–water partition coefficient (Wildman–Crippen LogP) is 4.39. The number of halogens is 1. The maximum absolute atomic E-state index is 14.0. The van der Waals surface area contributed by atoms with Gasteiger partial charge in [-0.1, -0.05) is 44.7 Å². The zero-order valence-electron chi connectivity index (χ0n) is 20.7. The van der Waals surface area contributed by atoms with Gasteiger partial charge in [-0.15, -0.1) is 0 Å². The van der Waals surface area contributed by atoms with E-state index in [2.05, 4.69) is 5.10 Å². The number of nitrogens with zero attached hydrogens (tertiary/aromatic N) is 4. The number of carbonyl (C=O) groups is 2. The zero-order chi connectivity index (χ0) is 25.6. The van der Waals surface area contributed by atoms with Crippen LogP contribution in [0.1, 0.15) is 68.7 Å². The van der Waals surface area contributed by atoms with Gasteiger partial charge in [0.1, 0.15) is 5.57 Å². The van der Waals surface area contributed by atoms with E-state index in [4.69, 9.17) is 11.6 Å². The second-order valence-corrected chi connectivity index (χ2v) is 10.3. The predicted molar refractivity (Wildman–Crippen MR) is 135 cm³/mol. The summed E-state index contributed by atoms with van der Waals surface area (Å²) in [5.74, 6) is -1.34. The Morgan fingerprint density at radius 1 is 1.06 bits per heavy atom. The van der Waals surface area contributed by atoms with Gasteiger partial charge < -0.3 is 5.11 Å². The highest BCUT2D eigenvalue weighted by atomic mass is 35.5. The molecule has 5 rings (SSSR count). The summed E-state index contributed by atoms with van der Waals surface area (Å²) in [6.07, 6.45) is 8.17. The second kappa shape index (κ2) is 9.54. The van der Waals surface area contributed by atoms with Gasteiger partial charge in [0.25, 0.3) is 11.6 Å². The van der Waals surface area contributed by atoms with E-state index >= 15 is 0 Å². The summed E-state index contributed by atoms with van der Waals surface area (Å²) in [5.41, 5.74) is 2.51. The summed E-state index contributed by atoms with van der Waals surface area (Å²) in [6.45, 7) is 5.78. The van der Waals surface area contributed by atoms with Crippen molar-refractivity contribution in [1.82, 2.24) is 14.7 Å². The van der Waals surface area contributed by atoms with E-state index in [1.165, 1.54) is 9.58 Å². The lowest BCUT2D eigenvalue weighted by Gasteiger charge is -2.29. The Hall–Kier alpha value is -3.45. The minimum atomic E-state index is -0.423. The van der Waals surface area contributed by atoms with Crippen molar-refractivity contribution in [3.63, 3.8) is 0 Å². The first-order valence-electron chi connectivity index (χ1n) is 12.4. The molecule has 0 spiro atoms. The van der Waals surface area contributed by atoms with Crippen molar-refractivity contribution in [2.24, 2.45) is 0 Å². The topological polar surface area (TPSA) is 82.1 Å². The third kappa shape index (κ3) is 4.11. The Morgan fingerprint density at radius 3 is 2.39 bits per heavy atom. The van der Waals surface area contributed by atoms with Gasteiger partial charge in [0.05, 0.1) is 11.4 Å². The highest BCUT2D eigenvalue weighted by Gasteiger charge is 2.49. The number of rotatable bonds is 5. The fourth-order valence-electron chi connectivity index (χ4n) is 5.22. The number of pyridine rings is 1. The molecule has 0 radical (unpaired) electrons. The monoisotopic (exact) mass is 504 g/mol. The molecular weight excluding hydrogens is 476 g/mol. The van der Waals surface area contributed by atoms with Crippen LogP contribution in [0.3, 0.4) is 0 Å². The van der Waals surface area contributed by atoms with Crippen LogP contribution in [-0.4, -0.2) is 32.5 Å². The summed E-state index contributed by atoms with van der Waals surface area (Å²) in [6, 6.07) is 10.4. The molecular formula is C28H29ClN4O3. The number of hydrogen-bond donors (Lipinski definition) is 0. The van der Waals surface area contributed by atoms with E-state index in [1.807, 2.05) is 39.1 Å². The molecule has 3 heterocycles. The van der Waals surface area contributed by atoms with Gasteiger partial charge in [-0.05, 0) is 61.9 Å². The molecule has 8 heteroatoms. The molecule has 1 aliphatic carbocycles. The molecule has 0 saturated heterocycles. The Balaban J connectivity index is 1.75. The Labute approximate surface area is 215 Å². The van der Waals surface area contributed by atoms with Crippen molar-refractivity contribution >= 4 is 34.7 Å². The van der Waals surface area contributed by atoms with E-state index in [0.717, 1.165) is 37.7 Å². The van der Waals surface area contributed by atoms with E-state index < -0.39 is 11.8 Å². The highest BCUT2D eigenvalue weighted by Crippen LogP contribution is 2.41. The van der Waals surface area contributed by atoms with Gasteiger partial charge in [-0.25, -0.2) is 4.68 Å². The van der Waals surface area contributed by atoms with Gasteiger partial charge >= 0.3 is 5.91 Å². The van der Waals surface area contributed by atoms with Crippen LogP contribution >= 0.6 is 11.6 Å². The van der Waals surface area contributed by atoms with Gasteiger partial charge in [0.2, 0.25) is 0 Å². The third-order valence-electron chi connectivity index (χ3n) is 6.98. The fourth-order valence-corrected chi connectivity index (χ4v) is 5.34. The van der Waals surface area contributed by atoms with Crippen LogP contribution in [0, 0.1) is 6.92 Å². The quantitative estimate of drug-likeness (QED) is 0.381. The number of carbonyl (C=O) groups excluding carboxylic acids is 2. The largest absolute Gasteiger partial charge is 0.858 e. The maximum Gasteiger partial charge on any atom is 0.327 e. The van der Waals surface area contributed by atoms with Gasteiger partial charge in [0.15, 0.2) is 12.4 Å². The van der Waals surface area contributed by atoms with Crippen molar-refractivity contribution in [2.75, 3.05) is 0 Å². The number of hydrogen-bond acceptors (Lipinski definition) is 4. The third-order valence-corrected chi connectivity index (χ3v) is 7.23. The van der Waals surface area contributed by atoms with Crippen LogP contribution in [0.2, 0.25) is 5.02 Å². The summed E-state index contributed by atoms with van der Waals surface area (Å²) in [5, 5.41) is 19.1.